The number of pyridine rings is 1. The van der Waals surface area contributed by atoms with Gasteiger partial charge < -0.3 is 19.5 Å². The van der Waals surface area contributed by atoms with Crippen LogP contribution in [-0.2, 0) is 4.74 Å². The zero-order chi connectivity index (χ0) is 23.7. The van der Waals surface area contributed by atoms with Crippen molar-refractivity contribution in [3.63, 3.8) is 0 Å². The Balaban J connectivity index is 1.66. The summed E-state index contributed by atoms with van der Waals surface area (Å²) in [5.74, 6) is -0.369. The van der Waals surface area contributed by atoms with E-state index in [0.717, 1.165) is 28.3 Å². The Hall–Kier alpha value is -3.97. The molecule has 1 fully saturated rings. The molecule has 1 N–H and O–H groups in total. The van der Waals surface area contributed by atoms with Gasteiger partial charge in [0.1, 0.15) is 6.04 Å². The van der Waals surface area contributed by atoms with Gasteiger partial charge in [0.05, 0.1) is 24.4 Å². The number of carbonyl (C=O) groups is 1. The molecule has 0 spiro atoms. The minimum atomic E-state index is -0.369. The first-order valence-corrected chi connectivity index (χ1v) is 11.4. The van der Waals surface area contributed by atoms with Gasteiger partial charge in [0, 0.05) is 29.5 Å². The lowest BCUT2D eigenvalue weighted by Gasteiger charge is -2.29. The number of aromatic nitrogens is 2. The van der Waals surface area contributed by atoms with E-state index in [0.29, 0.717) is 10.7 Å². The molecule has 1 aliphatic rings. The SMILES string of the molecule is COC(=O)c1cccc(-n2cccc2C2C(c3ccccn3)NC(=S)N2c2cccc(C)c2)c1. The summed E-state index contributed by atoms with van der Waals surface area (Å²) in [6.07, 6.45) is 3.79. The van der Waals surface area contributed by atoms with Crippen molar-refractivity contribution >= 4 is 29.0 Å². The number of thiocarbonyl (C=S) groups is 1. The number of hydrogen-bond acceptors (Lipinski definition) is 4. The number of carbonyl (C=O) groups excluding carboxylic acids is 1. The molecule has 2 atom stereocenters. The second kappa shape index (κ2) is 9.11. The van der Waals surface area contributed by atoms with E-state index in [-0.39, 0.29) is 18.1 Å². The summed E-state index contributed by atoms with van der Waals surface area (Å²) in [6, 6.07) is 25.4. The number of aryl methyl sites for hydroxylation is 1. The Kier molecular flexibility index (Phi) is 5.86. The summed E-state index contributed by atoms with van der Waals surface area (Å²) in [7, 11) is 1.39. The van der Waals surface area contributed by atoms with Gasteiger partial charge >= 0.3 is 5.97 Å². The molecule has 0 aliphatic carbocycles. The van der Waals surface area contributed by atoms with Gasteiger partial charge in [-0.2, -0.15) is 0 Å². The highest BCUT2D eigenvalue weighted by molar-refractivity contribution is 7.80. The van der Waals surface area contributed by atoms with E-state index in [1.54, 1.807) is 12.3 Å². The Labute approximate surface area is 203 Å². The highest BCUT2D eigenvalue weighted by Gasteiger charge is 2.42. The molecule has 0 amide bonds. The smallest absolute Gasteiger partial charge is 0.337 e. The molecule has 1 aliphatic heterocycles. The van der Waals surface area contributed by atoms with Crippen LogP contribution in [0.1, 0.15) is 39.4 Å². The van der Waals surface area contributed by atoms with Gasteiger partial charge in [-0.05, 0) is 79.3 Å². The van der Waals surface area contributed by atoms with E-state index in [4.69, 9.17) is 17.0 Å². The van der Waals surface area contributed by atoms with Gasteiger partial charge in [-0.25, -0.2) is 4.79 Å². The van der Waals surface area contributed by atoms with Crippen LogP contribution in [0, 0.1) is 6.92 Å². The fourth-order valence-corrected chi connectivity index (χ4v) is 4.83. The van der Waals surface area contributed by atoms with Gasteiger partial charge in [0.25, 0.3) is 0 Å². The van der Waals surface area contributed by atoms with Crippen molar-refractivity contribution in [2.75, 3.05) is 12.0 Å². The molecule has 34 heavy (non-hydrogen) atoms. The number of methoxy groups -OCH3 is 1. The molecule has 2 unspecified atom stereocenters. The summed E-state index contributed by atoms with van der Waals surface area (Å²) < 4.78 is 7.01. The standard InChI is InChI=1S/C27H24N4O2S/c1-18-8-5-11-21(16-18)31-25(24(29-27(31)34)22-12-3-4-14-28-22)23-13-7-15-30(23)20-10-6-9-19(17-20)26(32)33-2/h3-17,24-25H,1-2H3,(H,29,34). The lowest BCUT2D eigenvalue weighted by atomic mass is 10.0. The Morgan fingerprint density at radius 2 is 1.82 bits per heavy atom. The van der Waals surface area contributed by atoms with Crippen LogP contribution >= 0.6 is 12.2 Å². The van der Waals surface area contributed by atoms with Crippen molar-refractivity contribution < 1.29 is 9.53 Å². The number of rotatable bonds is 5. The summed E-state index contributed by atoms with van der Waals surface area (Å²) >= 11 is 5.84. The molecule has 0 radical (unpaired) electrons. The number of ether oxygens (including phenoxy) is 1. The fourth-order valence-electron chi connectivity index (χ4n) is 4.48. The monoisotopic (exact) mass is 468 g/mol. The maximum atomic E-state index is 12.2. The van der Waals surface area contributed by atoms with E-state index in [1.165, 1.54) is 7.11 Å². The largest absolute Gasteiger partial charge is 0.465 e. The van der Waals surface area contributed by atoms with E-state index >= 15 is 0 Å². The number of anilines is 1. The molecule has 0 saturated carbocycles. The predicted octanol–water partition coefficient (Wildman–Crippen LogP) is 5.14. The summed E-state index contributed by atoms with van der Waals surface area (Å²) in [5.41, 5.74) is 5.45. The van der Waals surface area contributed by atoms with E-state index < -0.39 is 0 Å². The number of esters is 1. The molecule has 2 aromatic heterocycles. The molecular formula is C27H24N4O2S. The molecule has 4 aromatic rings. The zero-order valence-corrected chi connectivity index (χ0v) is 19.7. The Bertz CT molecular complexity index is 1350. The summed E-state index contributed by atoms with van der Waals surface area (Å²) in [4.78, 5) is 18.9. The predicted molar refractivity (Wildman–Crippen MR) is 136 cm³/mol. The highest BCUT2D eigenvalue weighted by Crippen LogP contribution is 2.42. The number of hydrogen-bond donors (Lipinski definition) is 1. The lowest BCUT2D eigenvalue weighted by Crippen LogP contribution is -2.30. The van der Waals surface area contributed by atoms with Gasteiger partial charge in [-0.15, -0.1) is 0 Å². The van der Waals surface area contributed by atoms with Crippen molar-refractivity contribution in [2.45, 2.75) is 19.0 Å². The summed E-state index contributed by atoms with van der Waals surface area (Å²) in [6.45, 7) is 2.07. The van der Waals surface area contributed by atoms with Crippen molar-refractivity contribution in [3.8, 4) is 5.69 Å². The molecule has 7 heteroatoms. The third-order valence-corrected chi connectivity index (χ3v) is 6.32. The van der Waals surface area contributed by atoms with Crippen LogP contribution in [0.5, 0.6) is 0 Å². The first-order chi connectivity index (χ1) is 16.6. The van der Waals surface area contributed by atoms with Crippen molar-refractivity contribution in [1.29, 1.82) is 0 Å². The zero-order valence-electron chi connectivity index (χ0n) is 18.9. The fraction of sp³-hybridized carbons (Fsp3) is 0.148. The van der Waals surface area contributed by atoms with Crippen LogP contribution in [0.4, 0.5) is 5.69 Å². The van der Waals surface area contributed by atoms with Crippen molar-refractivity contribution in [1.82, 2.24) is 14.9 Å². The van der Waals surface area contributed by atoms with Crippen LogP contribution in [-0.4, -0.2) is 27.7 Å². The molecule has 1 saturated heterocycles. The minimum Gasteiger partial charge on any atom is -0.465 e. The van der Waals surface area contributed by atoms with Gasteiger partial charge in [0.15, 0.2) is 5.11 Å². The van der Waals surface area contributed by atoms with Crippen molar-refractivity contribution in [2.24, 2.45) is 0 Å². The molecule has 0 bridgehead atoms. The van der Waals surface area contributed by atoms with Crippen LogP contribution in [0.25, 0.3) is 5.69 Å². The van der Waals surface area contributed by atoms with Crippen LogP contribution < -0.4 is 10.2 Å². The second-order valence-electron chi connectivity index (χ2n) is 8.18. The van der Waals surface area contributed by atoms with Crippen LogP contribution in [0.2, 0.25) is 0 Å². The molecule has 170 valence electrons. The average molecular weight is 469 g/mol. The van der Waals surface area contributed by atoms with Gasteiger partial charge in [0.2, 0.25) is 0 Å². The molecule has 5 rings (SSSR count). The quantitative estimate of drug-likeness (QED) is 0.323. The van der Waals surface area contributed by atoms with Gasteiger partial charge in [-0.1, -0.05) is 24.3 Å². The van der Waals surface area contributed by atoms with Crippen LogP contribution in [0.3, 0.4) is 0 Å². The second-order valence-corrected chi connectivity index (χ2v) is 8.57. The van der Waals surface area contributed by atoms with E-state index in [1.807, 2.05) is 54.7 Å². The third kappa shape index (κ3) is 3.95. The highest BCUT2D eigenvalue weighted by atomic mass is 32.1. The van der Waals surface area contributed by atoms with Gasteiger partial charge in [-0.3, -0.25) is 4.98 Å². The maximum Gasteiger partial charge on any atom is 0.337 e. The average Bonchev–Trinajstić information content (AvgIpc) is 3.48. The minimum absolute atomic E-state index is 0.161. The van der Waals surface area contributed by atoms with Crippen molar-refractivity contribution in [3.05, 3.63) is 114 Å². The molecular weight excluding hydrogens is 444 g/mol. The first-order valence-electron chi connectivity index (χ1n) is 11.0. The Morgan fingerprint density at radius 1 is 1.00 bits per heavy atom. The van der Waals surface area contributed by atoms with E-state index in [2.05, 4.69) is 51.0 Å². The molecule has 2 aromatic carbocycles. The third-order valence-electron chi connectivity index (χ3n) is 6.01. The Morgan fingerprint density at radius 3 is 2.59 bits per heavy atom. The number of benzene rings is 2. The number of nitrogens with one attached hydrogen (secondary N) is 1. The lowest BCUT2D eigenvalue weighted by molar-refractivity contribution is 0.0600. The van der Waals surface area contributed by atoms with Crippen LogP contribution in [0.15, 0.2) is 91.3 Å². The number of nitrogens with zero attached hydrogens (tertiary/aromatic N) is 3. The topological polar surface area (TPSA) is 59.4 Å². The summed E-state index contributed by atoms with van der Waals surface area (Å²) in [5, 5.41) is 4.14. The first kappa shape index (κ1) is 21.9. The normalized spacial score (nSPS) is 17.5. The molecule has 3 heterocycles. The maximum absolute atomic E-state index is 12.2. The van der Waals surface area contributed by atoms with E-state index in [9.17, 15) is 4.79 Å². The molecule has 6 nitrogen and oxygen atoms in total.